The second-order valence-corrected chi connectivity index (χ2v) is 10.2. The number of hydrogen-bond acceptors (Lipinski definition) is 5. The minimum absolute atomic E-state index is 0.00716. The average molecular weight is 497 g/mol. The second-order valence-electron chi connectivity index (χ2n) is 9.21. The highest BCUT2D eigenvalue weighted by Gasteiger charge is 2.32. The van der Waals surface area contributed by atoms with Crippen LogP contribution in [0.3, 0.4) is 0 Å². The summed E-state index contributed by atoms with van der Waals surface area (Å²) < 4.78 is 5.65. The minimum atomic E-state index is -1.02. The molecule has 4 rings (SSSR count). The van der Waals surface area contributed by atoms with Gasteiger partial charge in [-0.2, -0.15) is 11.8 Å². The summed E-state index contributed by atoms with van der Waals surface area (Å²) in [6.07, 6.45) is 4.52. The monoisotopic (exact) mass is 496 g/mol. The van der Waals surface area contributed by atoms with Gasteiger partial charge in [0.25, 0.3) is 0 Å². The van der Waals surface area contributed by atoms with Crippen LogP contribution >= 0.6 is 11.8 Å². The number of rotatable bonds is 9. The van der Waals surface area contributed by atoms with Gasteiger partial charge in [0.05, 0.1) is 0 Å². The molecule has 3 unspecified atom stereocenters. The van der Waals surface area contributed by atoms with Crippen molar-refractivity contribution in [2.45, 2.75) is 50.1 Å². The lowest BCUT2D eigenvalue weighted by Gasteiger charge is -2.29. The van der Waals surface area contributed by atoms with E-state index in [1.54, 1.807) is 11.8 Å². The average Bonchev–Trinajstić information content (AvgIpc) is 3.19. The van der Waals surface area contributed by atoms with Gasteiger partial charge in [-0.1, -0.05) is 55.0 Å². The molecule has 186 valence electrons. The molecule has 2 amide bonds. The van der Waals surface area contributed by atoms with Gasteiger partial charge >= 0.3 is 12.1 Å². The Morgan fingerprint density at radius 3 is 2.34 bits per heavy atom. The molecule has 0 spiro atoms. The van der Waals surface area contributed by atoms with E-state index in [9.17, 15) is 19.5 Å². The van der Waals surface area contributed by atoms with E-state index in [-0.39, 0.29) is 30.4 Å². The summed E-state index contributed by atoms with van der Waals surface area (Å²) in [4.78, 5) is 36.8. The lowest BCUT2D eigenvalue weighted by molar-refractivity contribution is -0.142. The lowest BCUT2D eigenvalue weighted by atomic mass is 9.85. The van der Waals surface area contributed by atoms with Crippen LogP contribution in [0.1, 0.15) is 49.1 Å². The van der Waals surface area contributed by atoms with E-state index < -0.39 is 18.1 Å². The number of carbonyl (C=O) groups is 3. The number of thioether (sulfide) groups is 1. The SMILES string of the molecule is CSCCC(NC(=O)C1CCCC(NC(=O)OCC2c3ccccc3-c3ccccc32)C1)C(=O)O. The summed E-state index contributed by atoms with van der Waals surface area (Å²) in [5.41, 5.74) is 4.67. The maximum Gasteiger partial charge on any atom is 0.407 e. The van der Waals surface area contributed by atoms with E-state index in [0.717, 1.165) is 24.0 Å². The molecule has 8 heteroatoms. The number of ether oxygens (including phenoxy) is 1. The van der Waals surface area contributed by atoms with Crippen LogP contribution < -0.4 is 10.6 Å². The van der Waals surface area contributed by atoms with Gasteiger partial charge in [-0.05, 0) is 59.9 Å². The van der Waals surface area contributed by atoms with Crippen LogP contribution in [-0.2, 0) is 14.3 Å². The predicted octanol–water partition coefficient (Wildman–Crippen LogP) is 4.41. The molecule has 3 atom stereocenters. The largest absolute Gasteiger partial charge is 0.480 e. The van der Waals surface area contributed by atoms with Crippen molar-refractivity contribution < 1.29 is 24.2 Å². The fourth-order valence-electron chi connectivity index (χ4n) is 5.15. The van der Waals surface area contributed by atoms with Crippen molar-refractivity contribution in [2.24, 2.45) is 5.92 Å². The van der Waals surface area contributed by atoms with Crippen molar-refractivity contribution >= 4 is 29.7 Å². The molecule has 2 aliphatic carbocycles. The smallest absolute Gasteiger partial charge is 0.407 e. The molecule has 0 aliphatic heterocycles. The van der Waals surface area contributed by atoms with Gasteiger partial charge in [-0.15, -0.1) is 0 Å². The molecule has 0 bridgehead atoms. The van der Waals surface area contributed by atoms with Crippen LogP contribution in [0.25, 0.3) is 11.1 Å². The number of nitrogens with one attached hydrogen (secondary N) is 2. The molecule has 1 fully saturated rings. The first-order chi connectivity index (χ1) is 17.0. The fourth-order valence-corrected chi connectivity index (χ4v) is 5.62. The van der Waals surface area contributed by atoms with Gasteiger partial charge in [-0.25, -0.2) is 9.59 Å². The summed E-state index contributed by atoms with van der Waals surface area (Å²) in [7, 11) is 0. The van der Waals surface area contributed by atoms with Gasteiger partial charge in [0.1, 0.15) is 12.6 Å². The first-order valence-electron chi connectivity index (χ1n) is 12.1. The summed E-state index contributed by atoms with van der Waals surface area (Å²) >= 11 is 1.55. The number of amides is 2. The van der Waals surface area contributed by atoms with Crippen molar-refractivity contribution in [3.05, 3.63) is 59.7 Å². The van der Waals surface area contributed by atoms with E-state index in [2.05, 4.69) is 34.9 Å². The number of carboxylic acids is 1. The van der Waals surface area contributed by atoms with Crippen molar-refractivity contribution in [2.75, 3.05) is 18.6 Å². The third-order valence-corrected chi connectivity index (χ3v) is 7.58. The predicted molar refractivity (Wildman–Crippen MR) is 137 cm³/mol. The number of alkyl carbamates (subject to hydrolysis) is 1. The standard InChI is InChI=1S/C27H32N2O5S/c1-35-14-13-24(26(31)32)29-25(30)17-7-6-8-18(15-17)28-27(33)34-16-23-21-11-4-2-9-19(21)20-10-3-5-12-22(20)23/h2-5,9-12,17-18,23-24H,6-8,13-16H2,1H3,(H,28,33)(H,29,30)(H,31,32). The normalized spacial score (nSPS) is 19.8. The number of aliphatic carboxylic acids is 1. The van der Waals surface area contributed by atoms with Crippen LogP contribution in [0.5, 0.6) is 0 Å². The summed E-state index contributed by atoms with van der Waals surface area (Å²) in [5.74, 6) is -0.937. The highest BCUT2D eigenvalue weighted by molar-refractivity contribution is 7.98. The Hall–Kier alpha value is -3.00. The molecule has 0 heterocycles. The molecule has 3 N–H and O–H groups in total. The Balaban J connectivity index is 1.30. The Labute approximate surface area is 210 Å². The Bertz CT molecular complexity index is 1030. The zero-order chi connectivity index (χ0) is 24.8. The molecule has 0 saturated heterocycles. The molecular formula is C27H32N2O5S. The quantitative estimate of drug-likeness (QED) is 0.475. The molecule has 0 aromatic heterocycles. The van der Waals surface area contributed by atoms with Crippen LogP contribution in [0.15, 0.2) is 48.5 Å². The molecule has 7 nitrogen and oxygen atoms in total. The second kappa shape index (κ2) is 11.6. The van der Waals surface area contributed by atoms with Gasteiger partial charge in [0.2, 0.25) is 5.91 Å². The van der Waals surface area contributed by atoms with Gasteiger partial charge in [0.15, 0.2) is 0 Å². The number of carboxylic acid groups (broad SMARTS) is 1. The molecule has 35 heavy (non-hydrogen) atoms. The molecule has 2 aliphatic rings. The van der Waals surface area contributed by atoms with Crippen molar-refractivity contribution in [3.8, 4) is 11.1 Å². The highest BCUT2D eigenvalue weighted by atomic mass is 32.2. The molecule has 2 aromatic carbocycles. The zero-order valence-corrected chi connectivity index (χ0v) is 20.7. The van der Waals surface area contributed by atoms with Crippen molar-refractivity contribution in [1.29, 1.82) is 0 Å². The van der Waals surface area contributed by atoms with Gasteiger partial charge in [-0.3, -0.25) is 4.79 Å². The van der Waals surface area contributed by atoms with Gasteiger partial charge < -0.3 is 20.5 Å². The van der Waals surface area contributed by atoms with Crippen LogP contribution in [-0.4, -0.2) is 53.8 Å². The number of hydrogen-bond donors (Lipinski definition) is 3. The van der Waals surface area contributed by atoms with E-state index >= 15 is 0 Å². The zero-order valence-electron chi connectivity index (χ0n) is 19.9. The van der Waals surface area contributed by atoms with Gasteiger partial charge in [0, 0.05) is 17.9 Å². The Morgan fingerprint density at radius 1 is 1.06 bits per heavy atom. The maximum atomic E-state index is 12.7. The van der Waals surface area contributed by atoms with Crippen LogP contribution in [0.4, 0.5) is 4.79 Å². The number of benzene rings is 2. The summed E-state index contributed by atoms with van der Waals surface area (Å²) in [6, 6.07) is 15.3. The third kappa shape index (κ3) is 5.99. The summed E-state index contributed by atoms with van der Waals surface area (Å²) in [6.45, 7) is 0.242. The van der Waals surface area contributed by atoms with Crippen molar-refractivity contribution in [1.82, 2.24) is 10.6 Å². The molecule has 0 radical (unpaired) electrons. The highest BCUT2D eigenvalue weighted by Crippen LogP contribution is 2.44. The first kappa shape index (κ1) is 25.1. The van der Waals surface area contributed by atoms with E-state index in [1.165, 1.54) is 11.1 Å². The number of fused-ring (bicyclic) bond motifs is 3. The topological polar surface area (TPSA) is 105 Å². The Morgan fingerprint density at radius 2 is 1.71 bits per heavy atom. The lowest BCUT2D eigenvalue weighted by Crippen LogP contribution is -2.47. The van der Waals surface area contributed by atoms with Crippen LogP contribution in [0.2, 0.25) is 0 Å². The molecule has 1 saturated carbocycles. The first-order valence-corrected chi connectivity index (χ1v) is 13.5. The number of carbonyl (C=O) groups excluding carboxylic acids is 2. The van der Waals surface area contributed by atoms with Crippen molar-refractivity contribution in [3.63, 3.8) is 0 Å². The molecule has 2 aromatic rings. The third-order valence-electron chi connectivity index (χ3n) is 6.94. The van der Waals surface area contributed by atoms with E-state index in [4.69, 9.17) is 4.74 Å². The minimum Gasteiger partial charge on any atom is -0.480 e. The maximum absolute atomic E-state index is 12.7. The Kier molecular flexibility index (Phi) is 8.33. The van der Waals surface area contributed by atoms with Crippen LogP contribution in [0, 0.1) is 5.92 Å². The summed E-state index contributed by atoms with van der Waals surface area (Å²) in [5, 5.41) is 15.0. The fraction of sp³-hybridized carbons (Fsp3) is 0.444. The van der Waals surface area contributed by atoms with E-state index in [1.807, 2.05) is 30.5 Å². The van der Waals surface area contributed by atoms with E-state index in [0.29, 0.717) is 25.0 Å². The molecular weight excluding hydrogens is 464 g/mol.